The van der Waals surface area contributed by atoms with Crippen LogP contribution in [0.3, 0.4) is 0 Å². The summed E-state index contributed by atoms with van der Waals surface area (Å²) in [5.41, 5.74) is -0.201. The Labute approximate surface area is 118 Å². The first-order chi connectivity index (χ1) is 9.48. The fourth-order valence-electron chi connectivity index (χ4n) is 1.57. The molecule has 0 aliphatic heterocycles. The van der Waals surface area contributed by atoms with Gasteiger partial charge in [0.1, 0.15) is 0 Å². The van der Waals surface area contributed by atoms with Crippen LogP contribution in [-0.4, -0.2) is 11.5 Å². The molecule has 0 aliphatic carbocycles. The molecular weight excluding hydrogens is 287 g/mol. The number of hydrogen-bond donors (Lipinski definition) is 0. The highest BCUT2D eigenvalue weighted by Crippen LogP contribution is 2.33. The molecule has 0 aromatic heterocycles. The van der Waals surface area contributed by atoms with Crippen molar-refractivity contribution < 1.29 is 18.0 Å². The van der Waals surface area contributed by atoms with Crippen molar-refractivity contribution in [3.8, 4) is 0 Å². The van der Waals surface area contributed by atoms with Gasteiger partial charge in [-0.3, -0.25) is 4.79 Å². The number of nitrogens with zero attached hydrogens (tertiary/aromatic N) is 1. The van der Waals surface area contributed by atoms with Crippen molar-refractivity contribution >= 4 is 22.7 Å². The first kappa shape index (κ1) is 14.5. The van der Waals surface area contributed by atoms with Gasteiger partial charge < -0.3 is 0 Å². The lowest BCUT2D eigenvalue weighted by Crippen LogP contribution is -2.40. The predicted octanol–water partition coefficient (Wildman–Crippen LogP) is 4.93. The third-order valence-corrected chi connectivity index (χ3v) is 3.26. The quantitative estimate of drug-likeness (QED) is 0.579. The molecule has 2 nitrogen and oxygen atoms in total. The van der Waals surface area contributed by atoms with E-state index < -0.39 is 11.5 Å². The molecule has 0 bridgehead atoms. The van der Waals surface area contributed by atoms with Crippen LogP contribution in [0.15, 0.2) is 65.6 Å². The average Bonchev–Trinajstić information content (AvgIpc) is 2.39. The predicted molar refractivity (Wildman–Crippen MR) is 72.7 cm³/mol. The van der Waals surface area contributed by atoms with Crippen LogP contribution in [0.2, 0.25) is 0 Å². The zero-order valence-electron chi connectivity index (χ0n) is 10.2. The van der Waals surface area contributed by atoms with E-state index in [2.05, 4.69) is 0 Å². The summed E-state index contributed by atoms with van der Waals surface area (Å²) in [6.07, 6.45) is -4.76. The van der Waals surface area contributed by atoms with Gasteiger partial charge in [0, 0.05) is 4.90 Å². The SMILES string of the molecule is O=C(Sc1ccccc1)N(c1ccccc1)C(F)(F)F. The standard InChI is InChI=1S/C14H10F3NOS/c15-14(16,17)18(11-7-3-1-4-8-11)13(19)20-12-9-5-2-6-10-12/h1-10H. The minimum atomic E-state index is -4.76. The summed E-state index contributed by atoms with van der Waals surface area (Å²) < 4.78 is 39.2. The summed E-state index contributed by atoms with van der Waals surface area (Å²) in [7, 11) is 0. The molecule has 0 aliphatic rings. The molecule has 0 N–H and O–H groups in total. The topological polar surface area (TPSA) is 20.3 Å². The Morgan fingerprint density at radius 1 is 0.900 bits per heavy atom. The molecule has 0 spiro atoms. The normalized spacial score (nSPS) is 11.2. The molecule has 2 aromatic carbocycles. The molecule has 0 saturated carbocycles. The molecule has 6 heteroatoms. The van der Waals surface area contributed by atoms with Crippen molar-refractivity contribution in [1.29, 1.82) is 0 Å². The maximum absolute atomic E-state index is 13.1. The van der Waals surface area contributed by atoms with Crippen molar-refractivity contribution in [2.75, 3.05) is 4.90 Å². The molecule has 2 rings (SSSR count). The molecule has 20 heavy (non-hydrogen) atoms. The second-order valence-electron chi connectivity index (χ2n) is 3.82. The van der Waals surface area contributed by atoms with Gasteiger partial charge in [0.05, 0.1) is 5.69 Å². The number of halogens is 3. The smallest absolute Gasteiger partial charge is 0.261 e. The summed E-state index contributed by atoms with van der Waals surface area (Å²) in [4.78, 5) is 12.2. The Morgan fingerprint density at radius 2 is 1.40 bits per heavy atom. The minimum Gasteiger partial charge on any atom is -0.261 e. The molecule has 0 radical (unpaired) electrons. The van der Waals surface area contributed by atoms with Gasteiger partial charge in [0.15, 0.2) is 0 Å². The Balaban J connectivity index is 2.26. The van der Waals surface area contributed by atoms with E-state index in [-0.39, 0.29) is 10.6 Å². The van der Waals surface area contributed by atoms with E-state index in [0.29, 0.717) is 16.7 Å². The number of anilines is 1. The van der Waals surface area contributed by atoms with Crippen molar-refractivity contribution in [2.24, 2.45) is 0 Å². The van der Waals surface area contributed by atoms with Crippen LogP contribution in [-0.2, 0) is 0 Å². The number of hydrogen-bond acceptors (Lipinski definition) is 2. The minimum absolute atomic E-state index is 0.162. The maximum atomic E-state index is 13.1. The highest BCUT2D eigenvalue weighted by molar-refractivity contribution is 8.14. The van der Waals surface area contributed by atoms with Crippen LogP contribution in [0.25, 0.3) is 0 Å². The van der Waals surface area contributed by atoms with Crippen molar-refractivity contribution in [2.45, 2.75) is 11.2 Å². The van der Waals surface area contributed by atoms with Crippen molar-refractivity contribution in [3.05, 3.63) is 60.7 Å². The van der Waals surface area contributed by atoms with E-state index in [9.17, 15) is 18.0 Å². The largest absolute Gasteiger partial charge is 0.492 e. The molecule has 0 heterocycles. The zero-order valence-corrected chi connectivity index (χ0v) is 11.0. The third-order valence-electron chi connectivity index (χ3n) is 2.40. The Kier molecular flexibility index (Phi) is 4.34. The lowest BCUT2D eigenvalue weighted by atomic mass is 10.3. The Bertz CT molecular complexity index is 572. The molecular formula is C14H10F3NOS. The van der Waals surface area contributed by atoms with Crippen molar-refractivity contribution in [1.82, 2.24) is 0 Å². The van der Waals surface area contributed by atoms with E-state index in [1.165, 1.54) is 24.3 Å². The average molecular weight is 297 g/mol. The van der Waals surface area contributed by atoms with Crippen LogP contribution >= 0.6 is 11.8 Å². The molecule has 2 aromatic rings. The highest BCUT2D eigenvalue weighted by Gasteiger charge is 2.42. The number of carbonyl (C=O) groups excluding carboxylic acids is 1. The number of amides is 1. The second-order valence-corrected chi connectivity index (χ2v) is 4.84. The molecule has 104 valence electrons. The van der Waals surface area contributed by atoms with Crippen LogP contribution < -0.4 is 4.90 Å². The Hall–Kier alpha value is -1.95. The van der Waals surface area contributed by atoms with Gasteiger partial charge in [0.2, 0.25) is 0 Å². The van der Waals surface area contributed by atoms with Gasteiger partial charge in [-0.1, -0.05) is 36.4 Å². The lowest BCUT2D eigenvalue weighted by Gasteiger charge is -2.24. The van der Waals surface area contributed by atoms with Gasteiger partial charge >= 0.3 is 6.30 Å². The number of thioether (sulfide) groups is 1. The molecule has 0 unspecified atom stereocenters. The van der Waals surface area contributed by atoms with E-state index in [1.54, 1.807) is 36.4 Å². The van der Waals surface area contributed by atoms with Crippen LogP contribution in [0.5, 0.6) is 0 Å². The summed E-state index contributed by atoms with van der Waals surface area (Å²) >= 11 is 0.540. The van der Waals surface area contributed by atoms with E-state index in [1.807, 2.05) is 0 Å². The number of para-hydroxylation sites is 1. The number of benzene rings is 2. The fourth-order valence-corrected chi connectivity index (χ4v) is 2.36. The number of rotatable bonds is 2. The lowest BCUT2D eigenvalue weighted by molar-refractivity contribution is -0.119. The van der Waals surface area contributed by atoms with Gasteiger partial charge in [-0.05, 0) is 36.0 Å². The second kappa shape index (κ2) is 6.00. The van der Waals surface area contributed by atoms with Crippen LogP contribution in [0, 0.1) is 0 Å². The van der Waals surface area contributed by atoms with E-state index in [0.717, 1.165) is 0 Å². The van der Waals surface area contributed by atoms with Gasteiger partial charge in [0.25, 0.3) is 5.24 Å². The van der Waals surface area contributed by atoms with Crippen LogP contribution in [0.1, 0.15) is 0 Å². The Morgan fingerprint density at radius 3 is 1.90 bits per heavy atom. The fraction of sp³-hybridized carbons (Fsp3) is 0.0714. The summed E-state index contributed by atoms with van der Waals surface area (Å²) in [5, 5.41) is -1.09. The first-order valence-electron chi connectivity index (χ1n) is 5.67. The maximum Gasteiger partial charge on any atom is 0.492 e. The third kappa shape index (κ3) is 3.54. The molecule has 0 saturated heterocycles. The molecule has 0 atom stereocenters. The number of carbonyl (C=O) groups is 1. The highest BCUT2D eigenvalue weighted by atomic mass is 32.2. The van der Waals surface area contributed by atoms with E-state index >= 15 is 0 Å². The zero-order chi connectivity index (χ0) is 14.6. The summed E-state index contributed by atoms with van der Waals surface area (Å²) in [6, 6.07) is 15.2. The number of alkyl halides is 3. The van der Waals surface area contributed by atoms with E-state index in [4.69, 9.17) is 0 Å². The molecule has 1 amide bonds. The van der Waals surface area contributed by atoms with Crippen molar-refractivity contribution in [3.63, 3.8) is 0 Å². The molecule has 0 fully saturated rings. The van der Waals surface area contributed by atoms with Gasteiger partial charge in [-0.15, -0.1) is 13.2 Å². The van der Waals surface area contributed by atoms with Crippen LogP contribution in [0.4, 0.5) is 23.7 Å². The van der Waals surface area contributed by atoms with Gasteiger partial charge in [-0.25, -0.2) is 4.90 Å². The first-order valence-corrected chi connectivity index (χ1v) is 6.49. The summed E-state index contributed by atoms with van der Waals surface area (Å²) in [5.74, 6) is 0. The van der Waals surface area contributed by atoms with Gasteiger partial charge in [-0.2, -0.15) is 0 Å². The summed E-state index contributed by atoms with van der Waals surface area (Å²) in [6.45, 7) is 0. The monoisotopic (exact) mass is 297 g/mol.